The molecule has 1 aromatic rings. The lowest BCUT2D eigenvalue weighted by atomic mass is 9.95. The summed E-state index contributed by atoms with van der Waals surface area (Å²) in [5.41, 5.74) is 1.25. The summed E-state index contributed by atoms with van der Waals surface area (Å²) in [7, 11) is 0. The number of furan rings is 1. The predicted octanol–water partition coefficient (Wildman–Crippen LogP) is 3.35. The Bertz CT molecular complexity index is 323. The Balaban J connectivity index is 1.86. The number of hydrogen-bond acceptors (Lipinski definition) is 3. The van der Waals surface area contributed by atoms with Crippen LogP contribution in [0.15, 0.2) is 16.7 Å². The maximum absolute atomic E-state index is 5.45. The van der Waals surface area contributed by atoms with Crippen molar-refractivity contribution in [2.75, 3.05) is 6.26 Å². The fourth-order valence-electron chi connectivity index (χ4n) is 2.42. The van der Waals surface area contributed by atoms with Gasteiger partial charge in [0.25, 0.3) is 0 Å². The first-order valence-corrected chi connectivity index (χ1v) is 7.39. The Morgan fingerprint density at radius 1 is 1.44 bits per heavy atom. The molecule has 2 rings (SSSR count). The molecule has 1 fully saturated rings. The summed E-state index contributed by atoms with van der Waals surface area (Å²) in [6.45, 7) is 2.98. The van der Waals surface area contributed by atoms with Gasteiger partial charge in [-0.05, 0) is 37.7 Å². The lowest BCUT2D eigenvalue weighted by Gasteiger charge is -2.30. The van der Waals surface area contributed by atoms with Crippen molar-refractivity contribution in [3.05, 3.63) is 23.7 Å². The molecule has 2 nitrogen and oxygen atoms in total. The minimum absolute atomic E-state index is 0.660. The van der Waals surface area contributed by atoms with Crippen molar-refractivity contribution in [1.29, 1.82) is 0 Å². The highest BCUT2D eigenvalue weighted by Gasteiger charge is 2.23. The van der Waals surface area contributed by atoms with E-state index < -0.39 is 0 Å². The van der Waals surface area contributed by atoms with E-state index in [1.165, 1.54) is 31.2 Å². The molecule has 0 bridgehead atoms. The molecule has 2 atom stereocenters. The summed E-state index contributed by atoms with van der Waals surface area (Å²) in [5.74, 6) is 1.09. The lowest BCUT2D eigenvalue weighted by Crippen LogP contribution is -2.39. The molecule has 0 radical (unpaired) electrons. The molecule has 1 aromatic heterocycles. The van der Waals surface area contributed by atoms with E-state index in [9.17, 15) is 0 Å². The van der Waals surface area contributed by atoms with Gasteiger partial charge >= 0.3 is 0 Å². The zero-order chi connectivity index (χ0) is 11.4. The predicted molar refractivity (Wildman–Crippen MR) is 69.8 cm³/mol. The first-order valence-electron chi connectivity index (χ1n) is 6.10. The molecular weight excluding hydrogens is 218 g/mol. The van der Waals surface area contributed by atoms with E-state index in [4.69, 9.17) is 4.42 Å². The minimum Gasteiger partial charge on any atom is -0.468 e. The average Bonchev–Trinajstić information content (AvgIpc) is 2.72. The van der Waals surface area contributed by atoms with Gasteiger partial charge in [-0.3, -0.25) is 0 Å². The third-order valence-electron chi connectivity index (χ3n) is 3.50. The van der Waals surface area contributed by atoms with Gasteiger partial charge in [-0.2, -0.15) is 11.8 Å². The van der Waals surface area contributed by atoms with Gasteiger partial charge < -0.3 is 9.73 Å². The van der Waals surface area contributed by atoms with Crippen molar-refractivity contribution in [2.24, 2.45) is 0 Å². The third-order valence-corrected chi connectivity index (χ3v) is 4.67. The van der Waals surface area contributed by atoms with Crippen LogP contribution in [0.2, 0.25) is 0 Å². The van der Waals surface area contributed by atoms with Crippen molar-refractivity contribution in [3.63, 3.8) is 0 Å². The zero-order valence-electron chi connectivity index (χ0n) is 10.2. The van der Waals surface area contributed by atoms with Gasteiger partial charge in [0.1, 0.15) is 5.76 Å². The molecule has 0 aliphatic heterocycles. The normalized spacial score (nSPS) is 25.9. The first-order chi connectivity index (χ1) is 7.81. The fraction of sp³-hybridized carbons (Fsp3) is 0.692. The van der Waals surface area contributed by atoms with Crippen LogP contribution in [0, 0.1) is 6.92 Å². The number of thioether (sulfide) groups is 1. The molecule has 1 heterocycles. The fourth-order valence-corrected chi connectivity index (χ4v) is 3.38. The number of rotatable bonds is 4. The molecule has 1 aliphatic rings. The Morgan fingerprint density at radius 2 is 2.25 bits per heavy atom. The largest absolute Gasteiger partial charge is 0.468 e. The molecule has 0 spiro atoms. The highest BCUT2D eigenvalue weighted by atomic mass is 32.2. The lowest BCUT2D eigenvalue weighted by molar-refractivity contribution is 0.365. The molecule has 2 unspecified atom stereocenters. The van der Waals surface area contributed by atoms with Crippen LogP contribution < -0.4 is 5.32 Å². The van der Waals surface area contributed by atoms with Crippen LogP contribution in [0.5, 0.6) is 0 Å². The van der Waals surface area contributed by atoms with E-state index in [-0.39, 0.29) is 0 Å². The summed E-state index contributed by atoms with van der Waals surface area (Å²) in [5, 5.41) is 4.43. The Hall–Kier alpha value is -0.410. The van der Waals surface area contributed by atoms with Crippen LogP contribution in [-0.4, -0.2) is 17.5 Å². The van der Waals surface area contributed by atoms with E-state index in [1.54, 1.807) is 6.26 Å². The standard InChI is InChI=1S/C13H21NOS/c1-10-7-8-15-12(10)9-14-11-5-3-4-6-13(11)16-2/h7-8,11,13-14H,3-6,9H2,1-2H3. The van der Waals surface area contributed by atoms with Gasteiger partial charge in [-0.1, -0.05) is 12.8 Å². The van der Waals surface area contributed by atoms with Gasteiger partial charge in [0.2, 0.25) is 0 Å². The van der Waals surface area contributed by atoms with E-state index in [0.29, 0.717) is 6.04 Å². The second-order valence-corrected chi connectivity index (χ2v) is 5.65. The molecule has 16 heavy (non-hydrogen) atoms. The quantitative estimate of drug-likeness (QED) is 0.872. The summed E-state index contributed by atoms with van der Waals surface area (Å²) in [6, 6.07) is 2.69. The van der Waals surface area contributed by atoms with Gasteiger partial charge in [0.05, 0.1) is 12.8 Å². The van der Waals surface area contributed by atoms with Crippen LogP contribution in [0.3, 0.4) is 0 Å². The van der Waals surface area contributed by atoms with Crippen LogP contribution in [0.4, 0.5) is 0 Å². The number of nitrogens with one attached hydrogen (secondary N) is 1. The Morgan fingerprint density at radius 3 is 2.94 bits per heavy atom. The van der Waals surface area contributed by atoms with Crippen molar-refractivity contribution in [1.82, 2.24) is 5.32 Å². The monoisotopic (exact) mass is 239 g/mol. The molecule has 0 saturated heterocycles. The molecule has 3 heteroatoms. The van der Waals surface area contributed by atoms with E-state index in [0.717, 1.165) is 17.6 Å². The molecule has 90 valence electrons. The highest BCUT2D eigenvalue weighted by molar-refractivity contribution is 7.99. The van der Waals surface area contributed by atoms with E-state index in [2.05, 4.69) is 18.5 Å². The Labute approximate surface area is 102 Å². The van der Waals surface area contributed by atoms with Crippen molar-refractivity contribution in [3.8, 4) is 0 Å². The summed E-state index contributed by atoms with van der Waals surface area (Å²) in [6.07, 6.45) is 9.43. The number of hydrogen-bond donors (Lipinski definition) is 1. The second kappa shape index (κ2) is 5.78. The number of aryl methyl sites for hydroxylation is 1. The van der Waals surface area contributed by atoms with Gasteiger partial charge in [0, 0.05) is 11.3 Å². The van der Waals surface area contributed by atoms with Crippen LogP contribution >= 0.6 is 11.8 Å². The second-order valence-electron chi connectivity index (χ2n) is 4.57. The average molecular weight is 239 g/mol. The SMILES string of the molecule is CSC1CCCCC1NCc1occc1C. The molecule has 1 aliphatic carbocycles. The summed E-state index contributed by atoms with van der Waals surface area (Å²) >= 11 is 2.00. The molecular formula is C13H21NOS. The Kier molecular flexibility index (Phi) is 4.36. The van der Waals surface area contributed by atoms with Crippen molar-refractivity contribution >= 4 is 11.8 Å². The minimum atomic E-state index is 0.660. The topological polar surface area (TPSA) is 25.2 Å². The van der Waals surface area contributed by atoms with Crippen molar-refractivity contribution < 1.29 is 4.42 Å². The first kappa shape index (κ1) is 12.1. The third kappa shape index (κ3) is 2.83. The van der Waals surface area contributed by atoms with Crippen LogP contribution in [0.1, 0.15) is 37.0 Å². The molecule has 1 saturated carbocycles. The van der Waals surface area contributed by atoms with Crippen molar-refractivity contribution in [2.45, 2.75) is 50.4 Å². The summed E-state index contributed by atoms with van der Waals surface area (Å²) < 4.78 is 5.45. The van der Waals surface area contributed by atoms with Crippen LogP contribution in [-0.2, 0) is 6.54 Å². The smallest absolute Gasteiger partial charge is 0.120 e. The van der Waals surface area contributed by atoms with E-state index >= 15 is 0 Å². The molecule has 1 N–H and O–H groups in total. The molecule has 0 amide bonds. The van der Waals surface area contributed by atoms with Crippen LogP contribution in [0.25, 0.3) is 0 Å². The van der Waals surface area contributed by atoms with Gasteiger partial charge in [-0.25, -0.2) is 0 Å². The maximum atomic E-state index is 5.45. The maximum Gasteiger partial charge on any atom is 0.120 e. The van der Waals surface area contributed by atoms with Gasteiger partial charge in [-0.15, -0.1) is 0 Å². The van der Waals surface area contributed by atoms with Gasteiger partial charge in [0.15, 0.2) is 0 Å². The zero-order valence-corrected chi connectivity index (χ0v) is 11.0. The molecule has 0 aromatic carbocycles. The van der Waals surface area contributed by atoms with E-state index in [1.807, 2.05) is 17.8 Å². The summed E-state index contributed by atoms with van der Waals surface area (Å²) in [4.78, 5) is 0. The highest BCUT2D eigenvalue weighted by Crippen LogP contribution is 2.27.